The molecule has 1 aromatic carbocycles. The molecule has 1 aromatic rings. The molecule has 0 saturated heterocycles. The Kier molecular flexibility index (Phi) is 2.80. The van der Waals surface area contributed by atoms with Gasteiger partial charge in [-0.15, -0.1) is 0 Å². The van der Waals surface area contributed by atoms with E-state index in [1.54, 1.807) is 0 Å². The SMILES string of the molecule is COC(=O)C1OC(c2cccc(I)c2)=NC12CC2. The lowest BCUT2D eigenvalue weighted by atomic mass is 10.1. The highest BCUT2D eigenvalue weighted by Crippen LogP contribution is 2.48. The van der Waals surface area contributed by atoms with E-state index < -0.39 is 6.10 Å². The van der Waals surface area contributed by atoms with Gasteiger partial charge in [-0.25, -0.2) is 9.79 Å². The topological polar surface area (TPSA) is 47.9 Å². The number of aliphatic imine (C=N–C) groups is 1. The van der Waals surface area contributed by atoms with E-state index in [1.807, 2.05) is 24.3 Å². The lowest BCUT2D eigenvalue weighted by molar-refractivity contribution is -0.149. The third-order valence-corrected chi connectivity index (χ3v) is 3.96. The van der Waals surface area contributed by atoms with Crippen LogP contribution in [0.1, 0.15) is 18.4 Å². The summed E-state index contributed by atoms with van der Waals surface area (Å²) in [5, 5.41) is 0. The summed E-state index contributed by atoms with van der Waals surface area (Å²) >= 11 is 2.24. The largest absolute Gasteiger partial charge is 0.466 e. The van der Waals surface area contributed by atoms with E-state index in [4.69, 9.17) is 9.47 Å². The Hall–Kier alpha value is -1.11. The molecule has 1 spiro atoms. The number of ether oxygens (including phenoxy) is 2. The van der Waals surface area contributed by atoms with Crippen LogP contribution in [0.2, 0.25) is 0 Å². The summed E-state index contributed by atoms with van der Waals surface area (Å²) in [7, 11) is 1.38. The molecule has 1 atom stereocenters. The summed E-state index contributed by atoms with van der Waals surface area (Å²) in [6.45, 7) is 0. The quantitative estimate of drug-likeness (QED) is 0.602. The minimum Gasteiger partial charge on any atom is -0.466 e. The normalized spacial score (nSPS) is 23.4. The molecule has 94 valence electrons. The zero-order chi connectivity index (χ0) is 12.8. The summed E-state index contributed by atoms with van der Waals surface area (Å²) < 4.78 is 11.6. The summed E-state index contributed by atoms with van der Waals surface area (Å²) in [6.07, 6.45) is 1.20. The Balaban J connectivity index is 1.91. The van der Waals surface area contributed by atoms with Gasteiger partial charge in [0.25, 0.3) is 0 Å². The molecule has 1 saturated carbocycles. The molecular weight excluding hydrogens is 345 g/mol. The molecule has 0 bridgehead atoms. The summed E-state index contributed by atoms with van der Waals surface area (Å²) in [5.41, 5.74) is 0.559. The first-order chi connectivity index (χ1) is 8.64. The lowest BCUT2D eigenvalue weighted by Gasteiger charge is -2.13. The monoisotopic (exact) mass is 357 g/mol. The van der Waals surface area contributed by atoms with Crippen LogP contribution in [0.5, 0.6) is 0 Å². The Morgan fingerprint density at radius 2 is 2.33 bits per heavy atom. The molecule has 2 aliphatic rings. The molecule has 5 heteroatoms. The fourth-order valence-electron chi connectivity index (χ4n) is 2.14. The van der Waals surface area contributed by atoms with Gasteiger partial charge in [-0.3, -0.25) is 0 Å². The van der Waals surface area contributed by atoms with Crippen LogP contribution in [-0.4, -0.2) is 30.6 Å². The van der Waals surface area contributed by atoms with Crippen molar-refractivity contribution in [1.82, 2.24) is 0 Å². The second-order valence-corrected chi connectivity index (χ2v) is 5.80. The van der Waals surface area contributed by atoms with E-state index >= 15 is 0 Å². The van der Waals surface area contributed by atoms with E-state index in [0.29, 0.717) is 5.90 Å². The molecule has 1 aliphatic heterocycles. The molecule has 1 fully saturated rings. The number of methoxy groups -OCH3 is 1. The van der Waals surface area contributed by atoms with Gasteiger partial charge in [0.1, 0.15) is 5.54 Å². The number of hydrogen-bond donors (Lipinski definition) is 0. The molecule has 0 aromatic heterocycles. The summed E-state index contributed by atoms with van der Waals surface area (Å²) in [6, 6.07) is 7.89. The van der Waals surface area contributed by atoms with Crippen LogP contribution in [0, 0.1) is 3.57 Å². The van der Waals surface area contributed by atoms with Gasteiger partial charge in [0, 0.05) is 9.13 Å². The number of carbonyl (C=O) groups excluding carboxylic acids is 1. The molecule has 0 N–H and O–H groups in total. The van der Waals surface area contributed by atoms with Gasteiger partial charge in [0.15, 0.2) is 0 Å². The molecule has 1 unspecified atom stereocenters. The van der Waals surface area contributed by atoms with Crippen molar-refractivity contribution in [2.45, 2.75) is 24.5 Å². The standard InChI is InChI=1S/C13H12INO3/c1-17-12(16)10-13(5-6-13)15-11(18-10)8-3-2-4-9(14)7-8/h2-4,7,10H,5-6H2,1H3. The van der Waals surface area contributed by atoms with Gasteiger partial charge in [0.2, 0.25) is 12.0 Å². The van der Waals surface area contributed by atoms with Crippen LogP contribution < -0.4 is 0 Å². The first-order valence-corrected chi connectivity index (χ1v) is 6.83. The van der Waals surface area contributed by atoms with Crippen molar-refractivity contribution in [2.24, 2.45) is 4.99 Å². The van der Waals surface area contributed by atoms with E-state index in [0.717, 1.165) is 22.0 Å². The number of hydrogen-bond acceptors (Lipinski definition) is 4. The maximum Gasteiger partial charge on any atom is 0.349 e. The van der Waals surface area contributed by atoms with E-state index in [-0.39, 0.29) is 11.5 Å². The van der Waals surface area contributed by atoms with E-state index in [1.165, 1.54) is 7.11 Å². The van der Waals surface area contributed by atoms with Crippen LogP contribution in [-0.2, 0) is 14.3 Å². The Morgan fingerprint density at radius 3 is 2.94 bits per heavy atom. The van der Waals surface area contributed by atoms with Crippen molar-refractivity contribution >= 4 is 34.5 Å². The van der Waals surface area contributed by atoms with Crippen molar-refractivity contribution in [2.75, 3.05) is 7.11 Å². The average Bonchev–Trinajstić information content (AvgIpc) is 3.02. The minimum absolute atomic E-state index is 0.336. The first kappa shape index (κ1) is 12.0. The number of nitrogens with zero attached hydrogens (tertiary/aromatic N) is 1. The molecule has 0 radical (unpaired) electrons. The number of rotatable bonds is 2. The van der Waals surface area contributed by atoms with E-state index in [2.05, 4.69) is 27.6 Å². The van der Waals surface area contributed by atoms with Crippen LogP contribution in [0.25, 0.3) is 0 Å². The summed E-state index contributed by atoms with van der Waals surface area (Å²) in [5.74, 6) is 0.221. The second kappa shape index (κ2) is 4.22. The first-order valence-electron chi connectivity index (χ1n) is 5.75. The van der Waals surface area contributed by atoms with Crippen LogP contribution in [0.3, 0.4) is 0 Å². The number of benzene rings is 1. The number of esters is 1. The zero-order valence-electron chi connectivity index (χ0n) is 9.85. The third kappa shape index (κ3) is 1.90. The molecule has 1 aliphatic carbocycles. The van der Waals surface area contributed by atoms with Gasteiger partial charge in [0.05, 0.1) is 7.11 Å². The average molecular weight is 357 g/mol. The van der Waals surface area contributed by atoms with Crippen LogP contribution in [0.15, 0.2) is 29.3 Å². The Morgan fingerprint density at radius 1 is 1.56 bits per heavy atom. The fraction of sp³-hybridized carbons (Fsp3) is 0.385. The third-order valence-electron chi connectivity index (χ3n) is 3.29. The molecular formula is C13H12INO3. The van der Waals surface area contributed by atoms with Crippen LogP contribution in [0.4, 0.5) is 0 Å². The van der Waals surface area contributed by atoms with Gasteiger partial charge in [-0.2, -0.15) is 0 Å². The predicted octanol–water partition coefficient (Wildman–Crippen LogP) is 2.14. The van der Waals surface area contributed by atoms with Gasteiger partial charge < -0.3 is 9.47 Å². The minimum atomic E-state index is -0.574. The highest BCUT2D eigenvalue weighted by atomic mass is 127. The van der Waals surface area contributed by atoms with Gasteiger partial charge in [-0.1, -0.05) is 6.07 Å². The molecule has 0 amide bonds. The molecule has 3 rings (SSSR count). The predicted molar refractivity (Wildman–Crippen MR) is 74.6 cm³/mol. The smallest absolute Gasteiger partial charge is 0.349 e. The van der Waals surface area contributed by atoms with Crippen molar-refractivity contribution in [3.05, 3.63) is 33.4 Å². The molecule has 18 heavy (non-hydrogen) atoms. The van der Waals surface area contributed by atoms with Crippen molar-refractivity contribution in [1.29, 1.82) is 0 Å². The molecule has 1 heterocycles. The van der Waals surface area contributed by atoms with Gasteiger partial charge in [-0.05, 0) is 53.6 Å². The Bertz CT molecular complexity index is 537. The van der Waals surface area contributed by atoms with Gasteiger partial charge >= 0.3 is 5.97 Å². The maximum absolute atomic E-state index is 11.7. The number of halogens is 1. The van der Waals surface area contributed by atoms with Crippen molar-refractivity contribution < 1.29 is 14.3 Å². The van der Waals surface area contributed by atoms with Crippen LogP contribution >= 0.6 is 22.6 Å². The van der Waals surface area contributed by atoms with Crippen molar-refractivity contribution in [3.8, 4) is 0 Å². The highest BCUT2D eigenvalue weighted by Gasteiger charge is 2.59. The lowest BCUT2D eigenvalue weighted by Crippen LogP contribution is -2.34. The summed E-state index contributed by atoms with van der Waals surface area (Å²) in [4.78, 5) is 16.3. The second-order valence-electron chi connectivity index (χ2n) is 4.55. The van der Waals surface area contributed by atoms with E-state index in [9.17, 15) is 4.79 Å². The highest BCUT2D eigenvalue weighted by molar-refractivity contribution is 14.1. The maximum atomic E-state index is 11.7. The van der Waals surface area contributed by atoms with Crippen molar-refractivity contribution in [3.63, 3.8) is 0 Å². The fourth-order valence-corrected chi connectivity index (χ4v) is 2.68. The molecule has 4 nitrogen and oxygen atoms in total. The number of carbonyl (C=O) groups is 1. The zero-order valence-corrected chi connectivity index (χ0v) is 12.0. The Labute approximate surface area is 119 Å².